The molecule has 0 radical (unpaired) electrons. The fraction of sp³-hybridized carbons (Fsp3) is 0.286. The predicted molar refractivity (Wildman–Crippen MR) is 79.8 cm³/mol. The summed E-state index contributed by atoms with van der Waals surface area (Å²) in [5, 5.41) is 6.97. The summed E-state index contributed by atoms with van der Waals surface area (Å²) in [4.78, 5) is 14.1. The Morgan fingerprint density at radius 1 is 1.35 bits per heavy atom. The smallest absolute Gasteiger partial charge is 0.256 e. The zero-order chi connectivity index (χ0) is 14.7. The lowest BCUT2D eigenvalue weighted by Crippen LogP contribution is -2.15. The quantitative estimate of drug-likeness (QED) is 0.877. The second-order valence-corrected chi connectivity index (χ2v) is 4.78. The van der Waals surface area contributed by atoms with E-state index in [0.29, 0.717) is 17.9 Å². The van der Waals surface area contributed by atoms with E-state index in [-0.39, 0.29) is 5.91 Å². The molecule has 0 fully saturated rings. The van der Waals surface area contributed by atoms with Crippen LogP contribution in [0.25, 0.3) is 0 Å². The van der Waals surface area contributed by atoms with Gasteiger partial charge in [0.1, 0.15) is 0 Å². The van der Waals surface area contributed by atoms with Crippen molar-refractivity contribution in [2.24, 2.45) is 12.8 Å². The van der Waals surface area contributed by atoms with Crippen molar-refractivity contribution in [3.05, 3.63) is 41.6 Å². The minimum absolute atomic E-state index is 0.191. The first-order chi connectivity index (χ1) is 9.51. The van der Waals surface area contributed by atoms with Crippen LogP contribution in [0.15, 0.2) is 30.5 Å². The highest BCUT2D eigenvalue weighted by Gasteiger charge is 2.11. The van der Waals surface area contributed by atoms with Gasteiger partial charge >= 0.3 is 0 Å². The van der Waals surface area contributed by atoms with Crippen molar-refractivity contribution in [3.8, 4) is 0 Å². The van der Waals surface area contributed by atoms with E-state index in [2.05, 4.69) is 10.4 Å². The molecule has 1 aromatic heterocycles. The Kier molecular flexibility index (Phi) is 4.05. The highest BCUT2D eigenvalue weighted by molar-refractivity contribution is 6.04. The lowest BCUT2D eigenvalue weighted by atomic mass is 10.2. The largest absolute Gasteiger partial charge is 0.378 e. The molecule has 2 rings (SSSR count). The number of nitrogens with one attached hydrogen (secondary N) is 1. The summed E-state index contributed by atoms with van der Waals surface area (Å²) < 4.78 is 1.63. The third kappa shape index (κ3) is 2.97. The number of amides is 1. The average molecular weight is 273 g/mol. The minimum Gasteiger partial charge on any atom is -0.378 e. The first kappa shape index (κ1) is 14.1. The van der Waals surface area contributed by atoms with Crippen molar-refractivity contribution in [1.29, 1.82) is 0 Å². The van der Waals surface area contributed by atoms with E-state index in [1.54, 1.807) is 30.1 Å². The van der Waals surface area contributed by atoms with E-state index >= 15 is 0 Å². The van der Waals surface area contributed by atoms with Gasteiger partial charge in [-0.05, 0) is 24.3 Å². The Hall–Kier alpha value is -2.34. The van der Waals surface area contributed by atoms with Crippen LogP contribution < -0.4 is 16.0 Å². The van der Waals surface area contributed by atoms with E-state index < -0.39 is 0 Å². The number of benzene rings is 1. The summed E-state index contributed by atoms with van der Waals surface area (Å²) in [6, 6.07) is 7.37. The second-order valence-electron chi connectivity index (χ2n) is 4.78. The first-order valence-electron chi connectivity index (χ1n) is 6.32. The molecule has 0 saturated heterocycles. The van der Waals surface area contributed by atoms with Crippen molar-refractivity contribution >= 4 is 17.4 Å². The molecule has 0 bridgehead atoms. The number of nitrogens with two attached hydrogens (primary N) is 1. The normalized spacial score (nSPS) is 10.4. The molecule has 0 aliphatic carbocycles. The monoisotopic (exact) mass is 273 g/mol. The number of aromatic nitrogens is 2. The standard InChI is InChI=1S/C14H19N5O/c1-18(2)12-6-4-10(5-7-12)14(20)16-13-11(8-15)9-19(3)17-13/h4-7,9H,8,15H2,1-3H3,(H,16,17,20). The van der Waals surface area contributed by atoms with Gasteiger partial charge in [-0.1, -0.05) is 0 Å². The molecule has 0 saturated carbocycles. The number of hydrogen-bond donors (Lipinski definition) is 2. The summed E-state index contributed by atoms with van der Waals surface area (Å²) in [5.74, 6) is 0.320. The Morgan fingerprint density at radius 3 is 2.55 bits per heavy atom. The molecule has 0 unspecified atom stereocenters. The van der Waals surface area contributed by atoms with Crippen molar-refractivity contribution in [2.75, 3.05) is 24.3 Å². The van der Waals surface area contributed by atoms with Gasteiger partial charge in [0.2, 0.25) is 0 Å². The molecule has 0 spiro atoms. The topological polar surface area (TPSA) is 76.2 Å². The minimum atomic E-state index is -0.191. The van der Waals surface area contributed by atoms with Crippen LogP contribution in [0.3, 0.4) is 0 Å². The molecule has 0 aliphatic heterocycles. The second kappa shape index (κ2) is 5.75. The summed E-state index contributed by atoms with van der Waals surface area (Å²) >= 11 is 0. The Labute approximate surface area is 118 Å². The van der Waals surface area contributed by atoms with Crippen molar-refractivity contribution in [2.45, 2.75) is 6.54 Å². The summed E-state index contributed by atoms with van der Waals surface area (Å²) in [6.45, 7) is 0.336. The maximum Gasteiger partial charge on any atom is 0.256 e. The zero-order valence-electron chi connectivity index (χ0n) is 11.9. The first-order valence-corrected chi connectivity index (χ1v) is 6.32. The zero-order valence-corrected chi connectivity index (χ0v) is 11.9. The molecule has 0 aliphatic rings. The van der Waals surface area contributed by atoms with Gasteiger partial charge < -0.3 is 16.0 Å². The van der Waals surface area contributed by atoms with Crippen LogP contribution in [0.5, 0.6) is 0 Å². The molecule has 2 aromatic rings. The van der Waals surface area contributed by atoms with Crippen LogP contribution in [-0.2, 0) is 13.6 Å². The summed E-state index contributed by atoms with van der Waals surface area (Å²) in [7, 11) is 5.70. The number of aryl methyl sites for hydroxylation is 1. The molecular formula is C14H19N5O. The van der Waals surface area contributed by atoms with Crippen molar-refractivity contribution in [1.82, 2.24) is 9.78 Å². The molecule has 0 atom stereocenters. The van der Waals surface area contributed by atoms with E-state index in [1.165, 1.54) is 0 Å². The number of anilines is 2. The molecule has 6 heteroatoms. The fourth-order valence-corrected chi connectivity index (χ4v) is 1.88. The highest BCUT2D eigenvalue weighted by atomic mass is 16.1. The highest BCUT2D eigenvalue weighted by Crippen LogP contribution is 2.15. The number of hydrogen-bond acceptors (Lipinski definition) is 4. The molecule has 1 aromatic carbocycles. The van der Waals surface area contributed by atoms with E-state index in [4.69, 9.17) is 5.73 Å². The van der Waals surface area contributed by atoms with Crippen LogP contribution in [0.1, 0.15) is 15.9 Å². The maximum absolute atomic E-state index is 12.2. The van der Waals surface area contributed by atoms with E-state index in [9.17, 15) is 4.79 Å². The average Bonchev–Trinajstić information content (AvgIpc) is 2.78. The van der Waals surface area contributed by atoms with Gasteiger partial charge in [0.25, 0.3) is 5.91 Å². The lowest BCUT2D eigenvalue weighted by Gasteiger charge is -2.12. The number of nitrogens with zero attached hydrogens (tertiary/aromatic N) is 3. The van der Waals surface area contributed by atoms with Crippen molar-refractivity contribution in [3.63, 3.8) is 0 Å². The van der Waals surface area contributed by atoms with E-state index in [1.807, 2.05) is 31.1 Å². The van der Waals surface area contributed by atoms with Crippen molar-refractivity contribution < 1.29 is 4.79 Å². The van der Waals surface area contributed by atoms with Gasteiger partial charge in [-0.2, -0.15) is 5.10 Å². The maximum atomic E-state index is 12.2. The fourth-order valence-electron chi connectivity index (χ4n) is 1.88. The van der Waals surface area contributed by atoms with Crippen LogP contribution in [0.2, 0.25) is 0 Å². The van der Waals surface area contributed by atoms with Crippen LogP contribution in [0.4, 0.5) is 11.5 Å². The Bertz CT molecular complexity index is 601. The number of rotatable bonds is 4. The van der Waals surface area contributed by atoms with Crippen LogP contribution in [0, 0.1) is 0 Å². The molecule has 1 heterocycles. The third-order valence-corrected chi connectivity index (χ3v) is 3.00. The van der Waals surface area contributed by atoms with Gasteiger partial charge in [-0.15, -0.1) is 0 Å². The third-order valence-electron chi connectivity index (χ3n) is 3.00. The SMILES string of the molecule is CN(C)c1ccc(C(=O)Nc2nn(C)cc2CN)cc1. The number of carbonyl (C=O) groups excluding carboxylic acids is 1. The molecular weight excluding hydrogens is 254 g/mol. The van der Waals surface area contributed by atoms with Crippen LogP contribution in [-0.4, -0.2) is 29.8 Å². The van der Waals surface area contributed by atoms with Gasteiger partial charge in [0, 0.05) is 50.7 Å². The van der Waals surface area contributed by atoms with Gasteiger partial charge in [0.15, 0.2) is 5.82 Å². The molecule has 3 N–H and O–H groups in total. The molecule has 1 amide bonds. The molecule has 20 heavy (non-hydrogen) atoms. The predicted octanol–water partition coefficient (Wildman–Crippen LogP) is 1.20. The van der Waals surface area contributed by atoms with Gasteiger partial charge in [-0.3, -0.25) is 9.48 Å². The van der Waals surface area contributed by atoms with Gasteiger partial charge in [-0.25, -0.2) is 0 Å². The molecule has 6 nitrogen and oxygen atoms in total. The lowest BCUT2D eigenvalue weighted by molar-refractivity contribution is 0.102. The van der Waals surface area contributed by atoms with E-state index in [0.717, 1.165) is 11.3 Å². The van der Waals surface area contributed by atoms with Gasteiger partial charge in [0.05, 0.1) is 0 Å². The molecule has 106 valence electrons. The number of carbonyl (C=O) groups is 1. The summed E-state index contributed by atoms with van der Waals surface area (Å²) in [5.41, 5.74) is 8.06. The Morgan fingerprint density at radius 2 is 2.00 bits per heavy atom. The Balaban J connectivity index is 2.15. The van der Waals surface area contributed by atoms with Crippen LogP contribution >= 0.6 is 0 Å². The summed E-state index contributed by atoms with van der Waals surface area (Å²) in [6.07, 6.45) is 1.80.